The number of nitrogens with zero attached hydrogens (tertiary/aromatic N) is 1. The lowest BCUT2D eigenvalue weighted by molar-refractivity contribution is -0.130. The predicted octanol–water partition coefficient (Wildman–Crippen LogP) is 3.30. The quantitative estimate of drug-likeness (QED) is 0.785. The number of carbonyl (C=O) groups excluding carboxylic acids is 1. The van der Waals surface area contributed by atoms with Gasteiger partial charge in [0.25, 0.3) is 0 Å². The molecule has 0 saturated heterocycles. The summed E-state index contributed by atoms with van der Waals surface area (Å²) < 4.78 is 18.7. The summed E-state index contributed by atoms with van der Waals surface area (Å²) in [6.07, 6.45) is 1.18. The van der Waals surface area contributed by atoms with Crippen LogP contribution in [0.25, 0.3) is 0 Å². The van der Waals surface area contributed by atoms with E-state index in [0.29, 0.717) is 13.0 Å². The topological polar surface area (TPSA) is 29.5 Å². The van der Waals surface area contributed by atoms with E-state index in [1.807, 2.05) is 30.3 Å². The molecule has 2 aromatic carbocycles. The molecule has 0 bridgehead atoms. The second-order valence-corrected chi connectivity index (χ2v) is 5.08. The fourth-order valence-electron chi connectivity index (χ4n) is 2.07. The average Bonchev–Trinajstić information content (AvgIpc) is 2.55. The third-order valence-corrected chi connectivity index (χ3v) is 3.42. The van der Waals surface area contributed by atoms with Crippen molar-refractivity contribution in [1.29, 1.82) is 0 Å². The van der Waals surface area contributed by atoms with Crippen LogP contribution in [0.5, 0.6) is 5.75 Å². The second kappa shape index (κ2) is 8.17. The maximum atomic E-state index is 13.4. The van der Waals surface area contributed by atoms with Crippen molar-refractivity contribution < 1.29 is 13.9 Å². The van der Waals surface area contributed by atoms with E-state index in [9.17, 15) is 9.18 Å². The van der Waals surface area contributed by atoms with Crippen molar-refractivity contribution in [2.24, 2.45) is 0 Å². The third kappa shape index (κ3) is 4.88. The number of amides is 1. The van der Waals surface area contributed by atoms with Gasteiger partial charge in [-0.05, 0) is 24.1 Å². The first-order valence-electron chi connectivity index (χ1n) is 7.32. The fraction of sp³-hybridized carbons (Fsp3) is 0.278. The number of rotatable bonds is 7. The molecule has 0 saturated carbocycles. The Kier molecular flexibility index (Phi) is 5.95. The Morgan fingerprint density at radius 1 is 1.09 bits per heavy atom. The summed E-state index contributed by atoms with van der Waals surface area (Å²) in [4.78, 5) is 13.6. The number of halogens is 1. The Bertz CT molecular complexity index is 601. The number of para-hydroxylation sites is 1. The molecule has 116 valence electrons. The highest BCUT2D eigenvalue weighted by molar-refractivity contribution is 5.76. The molecule has 2 aromatic rings. The molecule has 3 nitrogen and oxygen atoms in total. The summed E-state index contributed by atoms with van der Waals surface area (Å²) in [6, 6.07) is 16.2. The molecule has 0 aliphatic rings. The van der Waals surface area contributed by atoms with Crippen LogP contribution in [0.2, 0.25) is 0 Å². The molecule has 4 heteroatoms. The highest BCUT2D eigenvalue weighted by Gasteiger charge is 2.09. The van der Waals surface area contributed by atoms with Gasteiger partial charge in [-0.15, -0.1) is 0 Å². The van der Waals surface area contributed by atoms with Crippen LogP contribution in [-0.4, -0.2) is 31.0 Å². The molecule has 0 unspecified atom stereocenters. The zero-order valence-corrected chi connectivity index (χ0v) is 12.7. The van der Waals surface area contributed by atoms with E-state index >= 15 is 0 Å². The first-order chi connectivity index (χ1) is 10.7. The standard InChI is InChI=1S/C18H20FNO2/c1-20(13-14-22-17-10-6-5-9-16(17)19)18(21)12-11-15-7-3-2-4-8-15/h2-10H,11-14H2,1H3. The minimum atomic E-state index is -0.388. The molecule has 1 amide bonds. The Balaban J connectivity index is 1.71. The molecule has 0 fully saturated rings. The molecule has 0 N–H and O–H groups in total. The van der Waals surface area contributed by atoms with Gasteiger partial charge in [0.1, 0.15) is 6.61 Å². The summed E-state index contributed by atoms with van der Waals surface area (Å²) in [7, 11) is 1.73. The molecule has 0 heterocycles. The monoisotopic (exact) mass is 301 g/mol. The Morgan fingerprint density at radius 2 is 1.77 bits per heavy atom. The molecule has 0 radical (unpaired) electrons. The maximum Gasteiger partial charge on any atom is 0.222 e. The lowest BCUT2D eigenvalue weighted by Gasteiger charge is -2.17. The third-order valence-electron chi connectivity index (χ3n) is 3.42. The summed E-state index contributed by atoms with van der Waals surface area (Å²) >= 11 is 0. The molecule has 22 heavy (non-hydrogen) atoms. The van der Waals surface area contributed by atoms with E-state index in [4.69, 9.17) is 4.74 Å². The number of carbonyl (C=O) groups is 1. The van der Waals surface area contributed by atoms with Crippen LogP contribution >= 0.6 is 0 Å². The molecule has 0 aliphatic heterocycles. The minimum absolute atomic E-state index is 0.0565. The van der Waals surface area contributed by atoms with Crippen molar-refractivity contribution in [3.63, 3.8) is 0 Å². The molecule has 0 spiro atoms. The van der Waals surface area contributed by atoms with Crippen molar-refractivity contribution >= 4 is 5.91 Å². The lowest BCUT2D eigenvalue weighted by atomic mass is 10.1. The van der Waals surface area contributed by atoms with Gasteiger partial charge in [-0.1, -0.05) is 42.5 Å². The van der Waals surface area contributed by atoms with Gasteiger partial charge in [0.2, 0.25) is 5.91 Å². The first kappa shape index (κ1) is 16.0. The van der Waals surface area contributed by atoms with E-state index in [-0.39, 0.29) is 24.1 Å². The number of likely N-dealkylation sites (N-methyl/N-ethyl adjacent to an activating group) is 1. The number of hydrogen-bond donors (Lipinski definition) is 0. The van der Waals surface area contributed by atoms with Crippen LogP contribution in [0.4, 0.5) is 4.39 Å². The van der Waals surface area contributed by atoms with Crippen LogP contribution in [0, 0.1) is 5.82 Å². The zero-order valence-electron chi connectivity index (χ0n) is 12.7. The van der Waals surface area contributed by atoms with E-state index in [1.165, 1.54) is 6.07 Å². The van der Waals surface area contributed by atoms with Crippen LogP contribution in [0.3, 0.4) is 0 Å². The van der Waals surface area contributed by atoms with Gasteiger partial charge in [-0.3, -0.25) is 4.79 Å². The van der Waals surface area contributed by atoms with Crippen molar-refractivity contribution in [3.8, 4) is 5.75 Å². The van der Waals surface area contributed by atoms with Gasteiger partial charge in [0, 0.05) is 13.5 Å². The summed E-state index contributed by atoms with van der Waals surface area (Å²) in [6.45, 7) is 0.705. The summed E-state index contributed by atoms with van der Waals surface area (Å²) in [5, 5.41) is 0. The predicted molar refractivity (Wildman–Crippen MR) is 84.3 cm³/mol. The molecule has 0 atom stereocenters. The van der Waals surface area contributed by atoms with Gasteiger partial charge < -0.3 is 9.64 Å². The van der Waals surface area contributed by atoms with Crippen LogP contribution in [0.15, 0.2) is 54.6 Å². The van der Waals surface area contributed by atoms with Gasteiger partial charge in [0.15, 0.2) is 11.6 Å². The molecule has 2 rings (SSSR count). The minimum Gasteiger partial charge on any atom is -0.489 e. The molecular weight excluding hydrogens is 281 g/mol. The molecule has 0 aliphatic carbocycles. The second-order valence-electron chi connectivity index (χ2n) is 5.08. The lowest BCUT2D eigenvalue weighted by Crippen LogP contribution is -2.31. The van der Waals surface area contributed by atoms with Crippen molar-refractivity contribution in [1.82, 2.24) is 4.90 Å². The average molecular weight is 301 g/mol. The van der Waals surface area contributed by atoms with Crippen LogP contribution in [-0.2, 0) is 11.2 Å². The fourth-order valence-corrected chi connectivity index (χ4v) is 2.07. The molecule has 0 aromatic heterocycles. The Morgan fingerprint density at radius 3 is 2.50 bits per heavy atom. The SMILES string of the molecule is CN(CCOc1ccccc1F)C(=O)CCc1ccccc1. The number of hydrogen-bond acceptors (Lipinski definition) is 2. The van der Waals surface area contributed by atoms with E-state index < -0.39 is 0 Å². The highest BCUT2D eigenvalue weighted by atomic mass is 19.1. The zero-order chi connectivity index (χ0) is 15.8. The van der Waals surface area contributed by atoms with Gasteiger partial charge in [-0.2, -0.15) is 0 Å². The van der Waals surface area contributed by atoms with Crippen molar-refractivity contribution in [2.45, 2.75) is 12.8 Å². The first-order valence-corrected chi connectivity index (χ1v) is 7.32. The Hall–Kier alpha value is -2.36. The van der Waals surface area contributed by atoms with Gasteiger partial charge >= 0.3 is 0 Å². The smallest absolute Gasteiger partial charge is 0.222 e. The number of ether oxygens (including phenoxy) is 1. The number of aryl methyl sites for hydroxylation is 1. The van der Waals surface area contributed by atoms with Gasteiger partial charge in [-0.25, -0.2) is 4.39 Å². The summed E-state index contributed by atoms with van der Waals surface area (Å²) in [5.74, 6) is -0.117. The van der Waals surface area contributed by atoms with Gasteiger partial charge in [0.05, 0.1) is 6.54 Å². The Labute approximate surface area is 130 Å². The summed E-state index contributed by atoms with van der Waals surface area (Å²) in [5.41, 5.74) is 1.15. The van der Waals surface area contributed by atoms with Crippen molar-refractivity contribution in [3.05, 3.63) is 66.0 Å². The van der Waals surface area contributed by atoms with Crippen LogP contribution < -0.4 is 4.74 Å². The molecular formula is C18H20FNO2. The van der Waals surface area contributed by atoms with E-state index in [1.54, 1.807) is 30.1 Å². The van der Waals surface area contributed by atoms with Crippen molar-refractivity contribution in [2.75, 3.05) is 20.2 Å². The normalized spacial score (nSPS) is 10.3. The number of benzene rings is 2. The maximum absolute atomic E-state index is 13.4. The highest BCUT2D eigenvalue weighted by Crippen LogP contribution is 2.15. The van der Waals surface area contributed by atoms with E-state index in [0.717, 1.165) is 12.0 Å². The van der Waals surface area contributed by atoms with Crippen LogP contribution in [0.1, 0.15) is 12.0 Å². The van der Waals surface area contributed by atoms with E-state index in [2.05, 4.69) is 0 Å². The largest absolute Gasteiger partial charge is 0.489 e.